The first kappa shape index (κ1) is 15.0. The standard InChI is InChI=1S/C16H21NO2S/c1-20-13-16-9-8-15(19-16)12-17-10-5-11-18-14-6-3-2-4-7-14/h2-4,6-9,17H,5,10-13H2,1H3. The van der Waals surface area contributed by atoms with Gasteiger partial charge in [0.15, 0.2) is 0 Å². The third-order valence-corrected chi connectivity index (χ3v) is 3.39. The van der Waals surface area contributed by atoms with Crippen molar-refractivity contribution < 1.29 is 9.15 Å². The van der Waals surface area contributed by atoms with Gasteiger partial charge < -0.3 is 14.5 Å². The zero-order valence-electron chi connectivity index (χ0n) is 11.8. The minimum absolute atomic E-state index is 0.729. The predicted molar refractivity (Wildman–Crippen MR) is 84.2 cm³/mol. The average molecular weight is 291 g/mol. The Morgan fingerprint density at radius 3 is 2.70 bits per heavy atom. The number of rotatable bonds is 9. The van der Waals surface area contributed by atoms with E-state index in [4.69, 9.17) is 9.15 Å². The Bertz CT molecular complexity index is 484. The molecule has 0 radical (unpaired) electrons. The van der Waals surface area contributed by atoms with E-state index in [0.717, 1.165) is 49.1 Å². The molecule has 0 bridgehead atoms. The number of nitrogens with one attached hydrogen (secondary N) is 1. The minimum atomic E-state index is 0.729. The third kappa shape index (κ3) is 5.31. The molecule has 1 N–H and O–H groups in total. The summed E-state index contributed by atoms with van der Waals surface area (Å²) in [4.78, 5) is 0. The highest BCUT2D eigenvalue weighted by atomic mass is 32.2. The van der Waals surface area contributed by atoms with E-state index < -0.39 is 0 Å². The average Bonchev–Trinajstić information content (AvgIpc) is 2.92. The van der Waals surface area contributed by atoms with Crippen molar-refractivity contribution in [2.45, 2.75) is 18.7 Å². The molecule has 1 aromatic carbocycles. The first-order chi connectivity index (χ1) is 9.88. The van der Waals surface area contributed by atoms with Gasteiger partial charge in [-0.25, -0.2) is 0 Å². The SMILES string of the molecule is CSCc1ccc(CNCCCOc2ccccc2)o1. The molecule has 0 atom stereocenters. The summed E-state index contributed by atoms with van der Waals surface area (Å²) < 4.78 is 11.3. The summed E-state index contributed by atoms with van der Waals surface area (Å²) in [7, 11) is 0. The molecular weight excluding hydrogens is 270 g/mol. The molecule has 4 heteroatoms. The van der Waals surface area contributed by atoms with Crippen LogP contribution in [0.15, 0.2) is 46.9 Å². The maximum atomic E-state index is 5.69. The number of ether oxygens (including phenoxy) is 1. The Kier molecular flexibility index (Phi) is 6.54. The molecule has 1 heterocycles. The second-order valence-corrected chi connectivity index (χ2v) is 5.36. The zero-order valence-corrected chi connectivity index (χ0v) is 12.6. The van der Waals surface area contributed by atoms with Gasteiger partial charge in [-0.15, -0.1) is 0 Å². The maximum absolute atomic E-state index is 5.69. The zero-order chi connectivity index (χ0) is 14.0. The smallest absolute Gasteiger partial charge is 0.119 e. The Balaban J connectivity index is 1.55. The highest BCUT2D eigenvalue weighted by molar-refractivity contribution is 7.97. The molecule has 0 spiro atoms. The van der Waals surface area contributed by atoms with Gasteiger partial charge in [0.2, 0.25) is 0 Å². The van der Waals surface area contributed by atoms with Gasteiger partial charge in [0, 0.05) is 0 Å². The quantitative estimate of drug-likeness (QED) is 0.714. The van der Waals surface area contributed by atoms with E-state index in [1.165, 1.54) is 0 Å². The van der Waals surface area contributed by atoms with Crippen LogP contribution in [-0.2, 0) is 12.3 Å². The molecular formula is C16H21NO2S. The van der Waals surface area contributed by atoms with Gasteiger partial charge in [-0.3, -0.25) is 0 Å². The van der Waals surface area contributed by atoms with Crippen LogP contribution in [-0.4, -0.2) is 19.4 Å². The number of hydrogen-bond acceptors (Lipinski definition) is 4. The lowest BCUT2D eigenvalue weighted by atomic mass is 10.3. The molecule has 2 aromatic rings. The van der Waals surface area contributed by atoms with Crippen LogP contribution in [0.1, 0.15) is 17.9 Å². The van der Waals surface area contributed by atoms with E-state index >= 15 is 0 Å². The van der Waals surface area contributed by atoms with Crippen molar-refractivity contribution in [1.82, 2.24) is 5.32 Å². The van der Waals surface area contributed by atoms with Crippen LogP contribution < -0.4 is 10.1 Å². The van der Waals surface area contributed by atoms with E-state index in [0.29, 0.717) is 0 Å². The fourth-order valence-corrected chi connectivity index (χ4v) is 2.29. The molecule has 0 aliphatic carbocycles. The van der Waals surface area contributed by atoms with Crippen molar-refractivity contribution in [2.24, 2.45) is 0 Å². The number of para-hydroxylation sites is 1. The number of benzene rings is 1. The molecule has 0 unspecified atom stereocenters. The van der Waals surface area contributed by atoms with E-state index in [1.54, 1.807) is 11.8 Å². The maximum Gasteiger partial charge on any atom is 0.119 e. The van der Waals surface area contributed by atoms with Crippen LogP contribution in [0.3, 0.4) is 0 Å². The van der Waals surface area contributed by atoms with Crippen molar-refractivity contribution in [3.8, 4) is 5.75 Å². The van der Waals surface area contributed by atoms with Gasteiger partial charge in [0.1, 0.15) is 17.3 Å². The van der Waals surface area contributed by atoms with Gasteiger partial charge >= 0.3 is 0 Å². The molecule has 3 nitrogen and oxygen atoms in total. The summed E-state index contributed by atoms with van der Waals surface area (Å²) >= 11 is 1.77. The molecule has 0 fully saturated rings. The van der Waals surface area contributed by atoms with Crippen LogP contribution in [0.2, 0.25) is 0 Å². The monoisotopic (exact) mass is 291 g/mol. The van der Waals surface area contributed by atoms with E-state index in [2.05, 4.69) is 11.6 Å². The lowest BCUT2D eigenvalue weighted by molar-refractivity contribution is 0.307. The van der Waals surface area contributed by atoms with Crippen LogP contribution in [0.4, 0.5) is 0 Å². The molecule has 2 rings (SSSR count). The normalized spacial score (nSPS) is 10.7. The predicted octanol–water partition coefficient (Wildman–Crippen LogP) is 3.70. The summed E-state index contributed by atoms with van der Waals surface area (Å²) in [5.41, 5.74) is 0. The highest BCUT2D eigenvalue weighted by Crippen LogP contribution is 2.13. The van der Waals surface area contributed by atoms with Crippen LogP contribution in [0.25, 0.3) is 0 Å². The van der Waals surface area contributed by atoms with Gasteiger partial charge in [-0.1, -0.05) is 18.2 Å². The first-order valence-electron chi connectivity index (χ1n) is 6.83. The Hall–Kier alpha value is -1.39. The number of furan rings is 1. The third-order valence-electron chi connectivity index (χ3n) is 2.81. The summed E-state index contributed by atoms with van der Waals surface area (Å²) in [6, 6.07) is 14.0. The fourth-order valence-electron chi connectivity index (χ4n) is 1.85. The molecule has 0 saturated carbocycles. The molecule has 1 aromatic heterocycles. The van der Waals surface area contributed by atoms with Crippen molar-refractivity contribution in [3.63, 3.8) is 0 Å². The molecule has 108 valence electrons. The summed E-state index contributed by atoms with van der Waals surface area (Å²) in [5.74, 6) is 3.91. The second-order valence-electron chi connectivity index (χ2n) is 4.49. The molecule has 20 heavy (non-hydrogen) atoms. The number of hydrogen-bond donors (Lipinski definition) is 1. The van der Waals surface area contributed by atoms with Gasteiger partial charge in [-0.2, -0.15) is 11.8 Å². The minimum Gasteiger partial charge on any atom is -0.494 e. The highest BCUT2D eigenvalue weighted by Gasteiger charge is 2.00. The van der Waals surface area contributed by atoms with Crippen molar-refractivity contribution >= 4 is 11.8 Å². The van der Waals surface area contributed by atoms with Gasteiger partial charge in [-0.05, 0) is 43.5 Å². The number of thioether (sulfide) groups is 1. The van der Waals surface area contributed by atoms with Gasteiger partial charge in [0.05, 0.1) is 18.9 Å². The van der Waals surface area contributed by atoms with Crippen LogP contribution >= 0.6 is 11.8 Å². The summed E-state index contributed by atoms with van der Waals surface area (Å²) in [6.45, 7) is 2.43. The van der Waals surface area contributed by atoms with Crippen LogP contribution in [0.5, 0.6) is 5.75 Å². The second kappa shape index (κ2) is 8.72. The Labute approximate surface area is 124 Å². The van der Waals surface area contributed by atoms with Crippen molar-refractivity contribution in [2.75, 3.05) is 19.4 Å². The molecule has 0 amide bonds. The Morgan fingerprint density at radius 1 is 1.10 bits per heavy atom. The lowest BCUT2D eigenvalue weighted by Gasteiger charge is -2.06. The molecule has 0 aliphatic heterocycles. The molecule has 0 aliphatic rings. The fraction of sp³-hybridized carbons (Fsp3) is 0.375. The summed E-state index contributed by atoms with van der Waals surface area (Å²) in [5, 5.41) is 3.36. The van der Waals surface area contributed by atoms with E-state index in [-0.39, 0.29) is 0 Å². The van der Waals surface area contributed by atoms with Crippen LogP contribution in [0, 0.1) is 0 Å². The Morgan fingerprint density at radius 2 is 1.90 bits per heavy atom. The molecule has 0 saturated heterocycles. The van der Waals surface area contributed by atoms with Crippen molar-refractivity contribution in [3.05, 3.63) is 54.0 Å². The van der Waals surface area contributed by atoms with Gasteiger partial charge in [0.25, 0.3) is 0 Å². The summed E-state index contributed by atoms with van der Waals surface area (Å²) in [6.07, 6.45) is 3.06. The lowest BCUT2D eigenvalue weighted by Crippen LogP contribution is -2.16. The topological polar surface area (TPSA) is 34.4 Å². The van der Waals surface area contributed by atoms with E-state index in [9.17, 15) is 0 Å². The largest absolute Gasteiger partial charge is 0.494 e. The van der Waals surface area contributed by atoms with Crippen molar-refractivity contribution in [1.29, 1.82) is 0 Å². The first-order valence-corrected chi connectivity index (χ1v) is 8.23. The van der Waals surface area contributed by atoms with E-state index in [1.807, 2.05) is 42.5 Å².